The molecule has 1 unspecified atom stereocenters. The zero-order chi connectivity index (χ0) is 12.3. The SMILES string of the molecule is Cc1cnc(SC(C)c2cccc(N)c2)nc1. The van der Waals surface area contributed by atoms with Crippen molar-refractivity contribution in [3.63, 3.8) is 0 Å². The molecular formula is C13H15N3S. The van der Waals surface area contributed by atoms with Gasteiger partial charge in [-0.05, 0) is 37.1 Å². The van der Waals surface area contributed by atoms with Gasteiger partial charge in [-0.1, -0.05) is 23.9 Å². The summed E-state index contributed by atoms with van der Waals surface area (Å²) in [5, 5.41) is 1.09. The number of nitrogens with two attached hydrogens (primary N) is 1. The van der Waals surface area contributed by atoms with Gasteiger partial charge in [0, 0.05) is 23.3 Å². The van der Waals surface area contributed by atoms with Gasteiger partial charge in [-0.15, -0.1) is 0 Å². The topological polar surface area (TPSA) is 51.8 Å². The first kappa shape index (κ1) is 11.9. The maximum absolute atomic E-state index is 5.77. The molecular weight excluding hydrogens is 230 g/mol. The molecule has 0 radical (unpaired) electrons. The third-order valence-corrected chi connectivity index (χ3v) is 3.47. The van der Waals surface area contributed by atoms with Gasteiger partial charge < -0.3 is 5.73 Å². The minimum atomic E-state index is 0.293. The fourth-order valence-corrected chi connectivity index (χ4v) is 2.31. The number of anilines is 1. The molecule has 0 aliphatic heterocycles. The Labute approximate surface area is 105 Å². The maximum atomic E-state index is 5.77. The van der Waals surface area contributed by atoms with Gasteiger partial charge in [0.15, 0.2) is 5.16 Å². The molecule has 2 rings (SSSR count). The van der Waals surface area contributed by atoms with Crippen LogP contribution in [0.4, 0.5) is 5.69 Å². The third kappa shape index (κ3) is 3.20. The van der Waals surface area contributed by atoms with Crippen LogP contribution in [0.25, 0.3) is 0 Å². The second-order valence-corrected chi connectivity index (χ2v) is 5.28. The number of hydrogen-bond acceptors (Lipinski definition) is 4. The molecule has 1 atom stereocenters. The Kier molecular flexibility index (Phi) is 3.64. The fraction of sp³-hybridized carbons (Fsp3) is 0.231. The Bertz CT molecular complexity index is 496. The third-order valence-electron chi connectivity index (χ3n) is 2.42. The molecule has 0 saturated carbocycles. The van der Waals surface area contributed by atoms with Gasteiger partial charge in [-0.3, -0.25) is 0 Å². The van der Waals surface area contributed by atoms with Crippen LogP contribution in [0.3, 0.4) is 0 Å². The molecule has 4 heteroatoms. The Morgan fingerprint density at radius 2 is 1.94 bits per heavy atom. The van der Waals surface area contributed by atoms with Gasteiger partial charge in [-0.25, -0.2) is 9.97 Å². The van der Waals surface area contributed by atoms with Crippen LogP contribution < -0.4 is 5.73 Å². The molecule has 17 heavy (non-hydrogen) atoms. The number of nitrogen functional groups attached to an aromatic ring is 1. The first-order valence-electron chi connectivity index (χ1n) is 5.46. The Hall–Kier alpha value is -1.55. The van der Waals surface area contributed by atoms with Crippen molar-refractivity contribution in [3.8, 4) is 0 Å². The van der Waals surface area contributed by atoms with Crippen molar-refractivity contribution in [3.05, 3.63) is 47.8 Å². The molecule has 88 valence electrons. The van der Waals surface area contributed by atoms with Crippen LogP contribution in [0, 0.1) is 6.92 Å². The summed E-state index contributed by atoms with van der Waals surface area (Å²) in [6, 6.07) is 7.93. The van der Waals surface area contributed by atoms with Gasteiger partial charge in [0.2, 0.25) is 0 Å². The second kappa shape index (κ2) is 5.19. The predicted octanol–water partition coefficient (Wildman–Crippen LogP) is 3.22. The number of aryl methyl sites for hydroxylation is 1. The highest BCUT2D eigenvalue weighted by Crippen LogP contribution is 2.32. The van der Waals surface area contributed by atoms with E-state index in [9.17, 15) is 0 Å². The quantitative estimate of drug-likeness (QED) is 0.512. The number of hydrogen-bond donors (Lipinski definition) is 1. The van der Waals surface area contributed by atoms with E-state index in [1.807, 2.05) is 37.5 Å². The van der Waals surface area contributed by atoms with Crippen LogP contribution in [-0.2, 0) is 0 Å². The average Bonchev–Trinajstić information content (AvgIpc) is 2.32. The molecule has 1 aromatic heterocycles. The van der Waals surface area contributed by atoms with Gasteiger partial charge in [0.25, 0.3) is 0 Å². The zero-order valence-corrected chi connectivity index (χ0v) is 10.7. The minimum absolute atomic E-state index is 0.293. The molecule has 0 bridgehead atoms. The zero-order valence-electron chi connectivity index (χ0n) is 9.92. The van der Waals surface area contributed by atoms with Crippen LogP contribution >= 0.6 is 11.8 Å². The van der Waals surface area contributed by atoms with Crippen molar-refractivity contribution in [2.24, 2.45) is 0 Å². The van der Waals surface area contributed by atoms with Gasteiger partial charge >= 0.3 is 0 Å². The Morgan fingerprint density at radius 3 is 2.59 bits per heavy atom. The summed E-state index contributed by atoms with van der Waals surface area (Å²) in [6.45, 7) is 4.11. The fourth-order valence-electron chi connectivity index (χ4n) is 1.48. The lowest BCUT2D eigenvalue weighted by Crippen LogP contribution is -1.94. The maximum Gasteiger partial charge on any atom is 0.188 e. The summed E-state index contributed by atoms with van der Waals surface area (Å²) in [5.74, 6) is 0. The summed E-state index contributed by atoms with van der Waals surface area (Å²) in [4.78, 5) is 8.57. The highest BCUT2D eigenvalue weighted by Gasteiger charge is 2.09. The summed E-state index contributed by atoms with van der Waals surface area (Å²) in [5.41, 5.74) is 8.83. The lowest BCUT2D eigenvalue weighted by molar-refractivity contribution is 0.938. The van der Waals surface area contributed by atoms with E-state index < -0.39 is 0 Å². The van der Waals surface area contributed by atoms with Crippen LogP contribution in [-0.4, -0.2) is 9.97 Å². The molecule has 1 heterocycles. The summed E-state index contributed by atoms with van der Waals surface area (Å²) >= 11 is 1.64. The molecule has 0 aliphatic rings. The van der Waals surface area contributed by atoms with Crippen molar-refractivity contribution in [1.82, 2.24) is 9.97 Å². The van der Waals surface area contributed by atoms with Crippen molar-refractivity contribution in [2.75, 3.05) is 5.73 Å². The molecule has 0 amide bonds. The predicted molar refractivity (Wildman–Crippen MR) is 71.9 cm³/mol. The number of nitrogens with zero attached hydrogens (tertiary/aromatic N) is 2. The number of thioether (sulfide) groups is 1. The highest BCUT2D eigenvalue weighted by atomic mass is 32.2. The van der Waals surface area contributed by atoms with Crippen LogP contribution in [0.1, 0.15) is 23.3 Å². The normalized spacial score (nSPS) is 12.4. The van der Waals surface area contributed by atoms with E-state index in [1.165, 1.54) is 5.56 Å². The molecule has 0 spiro atoms. The smallest absolute Gasteiger partial charge is 0.188 e. The lowest BCUT2D eigenvalue weighted by Gasteiger charge is -2.10. The van der Waals surface area contributed by atoms with Crippen LogP contribution in [0.2, 0.25) is 0 Å². The largest absolute Gasteiger partial charge is 0.399 e. The number of benzene rings is 1. The van der Waals surface area contributed by atoms with E-state index in [0.29, 0.717) is 5.25 Å². The van der Waals surface area contributed by atoms with E-state index in [-0.39, 0.29) is 0 Å². The Balaban J connectivity index is 2.11. The van der Waals surface area contributed by atoms with E-state index in [4.69, 9.17) is 5.73 Å². The summed E-state index contributed by atoms with van der Waals surface area (Å²) in [6.07, 6.45) is 3.67. The second-order valence-electron chi connectivity index (χ2n) is 3.97. The van der Waals surface area contributed by atoms with Crippen LogP contribution in [0.5, 0.6) is 0 Å². The van der Waals surface area contributed by atoms with Crippen molar-refractivity contribution in [1.29, 1.82) is 0 Å². The summed E-state index contributed by atoms with van der Waals surface area (Å²) in [7, 11) is 0. The number of aromatic nitrogens is 2. The first-order valence-corrected chi connectivity index (χ1v) is 6.34. The van der Waals surface area contributed by atoms with Crippen molar-refractivity contribution in [2.45, 2.75) is 24.3 Å². The monoisotopic (exact) mass is 245 g/mol. The minimum Gasteiger partial charge on any atom is -0.399 e. The molecule has 0 fully saturated rings. The molecule has 0 aliphatic carbocycles. The van der Waals surface area contributed by atoms with Crippen molar-refractivity contribution < 1.29 is 0 Å². The molecule has 2 aromatic rings. The van der Waals surface area contributed by atoms with Gasteiger partial charge in [0.05, 0.1) is 0 Å². The van der Waals surface area contributed by atoms with E-state index in [0.717, 1.165) is 16.4 Å². The van der Waals surface area contributed by atoms with E-state index in [2.05, 4.69) is 23.0 Å². The Morgan fingerprint density at radius 1 is 1.24 bits per heavy atom. The van der Waals surface area contributed by atoms with Gasteiger partial charge in [0.1, 0.15) is 0 Å². The van der Waals surface area contributed by atoms with Gasteiger partial charge in [-0.2, -0.15) is 0 Å². The van der Waals surface area contributed by atoms with Crippen molar-refractivity contribution >= 4 is 17.4 Å². The summed E-state index contributed by atoms with van der Waals surface area (Å²) < 4.78 is 0. The number of rotatable bonds is 3. The molecule has 1 aromatic carbocycles. The van der Waals surface area contributed by atoms with Crippen LogP contribution in [0.15, 0.2) is 41.8 Å². The lowest BCUT2D eigenvalue weighted by atomic mass is 10.1. The molecule has 0 saturated heterocycles. The standard InChI is InChI=1S/C13H15N3S/c1-9-7-15-13(16-8-9)17-10(2)11-4-3-5-12(14)6-11/h3-8,10H,14H2,1-2H3. The average molecular weight is 245 g/mol. The first-order chi connectivity index (χ1) is 8.15. The molecule has 3 nitrogen and oxygen atoms in total. The highest BCUT2D eigenvalue weighted by molar-refractivity contribution is 7.99. The van der Waals surface area contributed by atoms with E-state index in [1.54, 1.807) is 11.8 Å². The molecule has 2 N–H and O–H groups in total. The van der Waals surface area contributed by atoms with E-state index >= 15 is 0 Å².